The largest absolute Gasteiger partial charge is 0.488 e. The van der Waals surface area contributed by atoms with Crippen LogP contribution in [-0.2, 0) is 11.2 Å². The Morgan fingerprint density at radius 1 is 1.22 bits per heavy atom. The molecule has 0 saturated carbocycles. The van der Waals surface area contributed by atoms with Crippen molar-refractivity contribution >= 4 is 0 Å². The Balaban J connectivity index is 2.47. The van der Waals surface area contributed by atoms with E-state index < -0.39 is 0 Å². The summed E-state index contributed by atoms with van der Waals surface area (Å²) in [7, 11) is 0. The van der Waals surface area contributed by atoms with Gasteiger partial charge in [-0.15, -0.1) is 0 Å². The maximum atomic E-state index is 13.7. The molecule has 1 aromatic rings. The molecule has 0 radical (unpaired) electrons. The lowest BCUT2D eigenvalue weighted by molar-refractivity contribution is 0.0544. The monoisotopic (exact) mass is 255 g/mol. The molecule has 0 fully saturated rings. The highest BCUT2D eigenvalue weighted by atomic mass is 19.1. The molecular weight excluding hydrogens is 233 g/mol. The highest BCUT2D eigenvalue weighted by Crippen LogP contribution is 2.19. The molecule has 1 atom stereocenters. The van der Waals surface area contributed by atoms with Crippen molar-refractivity contribution in [1.82, 2.24) is 0 Å². The Morgan fingerprint density at radius 2 is 1.94 bits per heavy atom. The van der Waals surface area contributed by atoms with Crippen molar-refractivity contribution < 1.29 is 13.9 Å². The lowest BCUT2D eigenvalue weighted by Crippen LogP contribution is -2.17. The van der Waals surface area contributed by atoms with Gasteiger partial charge in [-0.1, -0.05) is 6.07 Å². The van der Waals surface area contributed by atoms with Crippen molar-refractivity contribution in [2.45, 2.75) is 39.3 Å². The summed E-state index contributed by atoms with van der Waals surface area (Å²) in [5.74, 6) is -0.0894. The van der Waals surface area contributed by atoms with Crippen molar-refractivity contribution in [2.24, 2.45) is 5.73 Å². The summed E-state index contributed by atoms with van der Waals surface area (Å²) < 4.78 is 24.3. The fourth-order valence-corrected chi connectivity index (χ4v) is 1.60. The molecule has 0 saturated heterocycles. The van der Waals surface area contributed by atoms with Gasteiger partial charge in [0.2, 0.25) is 0 Å². The predicted molar refractivity (Wildman–Crippen MR) is 70.3 cm³/mol. The normalized spacial score (nSPS) is 12.8. The summed E-state index contributed by atoms with van der Waals surface area (Å²) in [6.45, 7) is 6.60. The van der Waals surface area contributed by atoms with Gasteiger partial charge in [-0.05, 0) is 44.9 Å². The van der Waals surface area contributed by atoms with Gasteiger partial charge in [-0.25, -0.2) is 4.39 Å². The molecule has 0 aromatic heterocycles. The van der Waals surface area contributed by atoms with E-state index in [0.717, 1.165) is 5.56 Å². The molecular formula is C14H22FNO2. The molecule has 3 nitrogen and oxygen atoms in total. The minimum atomic E-state index is -0.349. The lowest BCUT2D eigenvalue weighted by atomic mass is 10.1. The Bertz CT molecular complexity index is 367. The molecule has 0 spiro atoms. The van der Waals surface area contributed by atoms with Crippen LogP contribution in [0.1, 0.15) is 26.3 Å². The zero-order valence-corrected chi connectivity index (χ0v) is 11.3. The number of rotatable bonds is 7. The summed E-state index contributed by atoms with van der Waals surface area (Å²) in [5.41, 5.74) is 6.55. The van der Waals surface area contributed by atoms with E-state index >= 15 is 0 Å². The number of hydrogen-bond donors (Lipinski definition) is 1. The first-order valence-corrected chi connectivity index (χ1v) is 6.27. The molecule has 18 heavy (non-hydrogen) atoms. The van der Waals surface area contributed by atoms with Gasteiger partial charge in [-0.2, -0.15) is 0 Å². The second kappa shape index (κ2) is 7.34. The van der Waals surface area contributed by atoms with Gasteiger partial charge in [0.15, 0.2) is 11.6 Å². The second-order valence-electron chi connectivity index (χ2n) is 4.71. The average molecular weight is 255 g/mol. The average Bonchev–Trinajstić information content (AvgIpc) is 2.25. The van der Waals surface area contributed by atoms with E-state index in [1.54, 1.807) is 6.07 Å². The summed E-state index contributed by atoms with van der Waals surface area (Å²) in [6, 6.07) is 4.98. The van der Waals surface area contributed by atoms with Gasteiger partial charge < -0.3 is 15.2 Å². The zero-order valence-electron chi connectivity index (χ0n) is 11.3. The lowest BCUT2D eigenvalue weighted by Gasteiger charge is -2.11. The van der Waals surface area contributed by atoms with Crippen LogP contribution >= 0.6 is 0 Å². The molecule has 1 rings (SSSR count). The number of ether oxygens (including phenoxy) is 2. The van der Waals surface area contributed by atoms with E-state index in [2.05, 4.69) is 0 Å². The number of halogens is 1. The van der Waals surface area contributed by atoms with Gasteiger partial charge in [0.25, 0.3) is 0 Å². The first kappa shape index (κ1) is 14.9. The fourth-order valence-electron chi connectivity index (χ4n) is 1.60. The summed E-state index contributed by atoms with van der Waals surface area (Å²) >= 11 is 0. The number of benzene rings is 1. The van der Waals surface area contributed by atoms with Crippen LogP contribution < -0.4 is 10.5 Å². The van der Waals surface area contributed by atoms with Gasteiger partial charge in [0.1, 0.15) is 6.61 Å². The van der Waals surface area contributed by atoms with E-state index in [1.807, 2.05) is 26.8 Å². The van der Waals surface area contributed by atoms with Crippen LogP contribution in [-0.4, -0.2) is 25.4 Å². The van der Waals surface area contributed by atoms with Crippen LogP contribution in [0.3, 0.4) is 0 Å². The molecule has 1 unspecified atom stereocenters. The van der Waals surface area contributed by atoms with Crippen molar-refractivity contribution in [2.75, 3.05) is 13.2 Å². The molecule has 0 aliphatic rings. The molecule has 102 valence electrons. The zero-order chi connectivity index (χ0) is 13.5. The van der Waals surface area contributed by atoms with Crippen molar-refractivity contribution in [3.05, 3.63) is 29.6 Å². The third kappa shape index (κ3) is 5.47. The van der Waals surface area contributed by atoms with Gasteiger partial charge in [-0.3, -0.25) is 0 Å². The SMILES string of the molecule is CC(N)Cc1ccc(OCCOC(C)C)c(F)c1. The minimum absolute atomic E-state index is 0.0237. The van der Waals surface area contributed by atoms with Gasteiger partial charge >= 0.3 is 0 Å². The standard InChI is InChI=1S/C14H22FNO2/c1-10(2)17-6-7-18-14-5-4-12(8-11(3)16)9-13(14)15/h4-5,9-11H,6-8,16H2,1-3H3. The molecule has 0 aliphatic heterocycles. The molecule has 1 aromatic carbocycles. The van der Waals surface area contributed by atoms with Crippen molar-refractivity contribution in [3.8, 4) is 5.75 Å². The van der Waals surface area contributed by atoms with Crippen LogP contribution in [0.25, 0.3) is 0 Å². The first-order chi connectivity index (χ1) is 8.49. The highest BCUT2D eigenvalue weighted by molar-refractivity contribution is 5.29. The Morgan fingerprint density at radius 3 is 2.50 bits per heavy atom. The molecule has 0 bridgehead atoms. The van der Waals surface area contributed by atoms with Crippen LogP contribution in [0.2, 0.25) is 0 Å². The summed E-state index contributed by atoms with van der Waals surface area (Å²) in [5, 5.41) is 0. The van der Waals surface area contributed by atoms with Crippen LogP contribution in [0.15, 0.2) is 18.2 Å². The van der Waals surface area contributed by atoms with Crippen molar-refractivity contribution in [1.29, 1.82) is 0 Å². The second-order valence-corrected chi connectivity index (χ2v) is 4.71. The minimum Gasteiger partial charge on any atom is -0.488 e. The Labute approximate surface area is 108 Å². The van der Waals surface area contributed by atoms with Crippen LogP contribution in [0.5, 0.6) is 5.75 Å². The smallest absolute Gasteiger partial charge is 0.165 e. The number of nitrogens with two attached hydrogens (primary N) is 1. The third-order valence-corrected chi connectivity index (χ3v) is 2.35. The van der Waals surface area contributed by atoms with E-state index in [4.69, 9.17) is 15.2 Å². The first-order valence-electron chi connectivity index (χ1n) is 6.27. The maximum absolute atomic E-state index is 13.7. The van der Waals surface area contributed by atoms with Gasteiger partial charge in [0.05, 0.1) is 12.7 Å². The van der Waals surface area contributed by atoms with Gasteiger partial charge in [0, 0.05) is 6.04 Å². The molecule has 0 amide bonds. The molecule has 2 N–H and O–H groups in total. The Hall–Kier alpha value is -1.13. The van der Waals surface area contributed by atoms with Crippen LogP contribution in [0.4, 0.5) is 4.39 Å². The fraction of sp³-hybridized carbons (Fsp3) is 0.571. The van der Waals surface area contributed by atoms with Crippen molar-refractivity contribution in [3.63, 3.8) is 0 Å². The van der Waals surface area contributed by atoms with E-state index in [1.165, 1.54) is 6.07 Å². The van der Waals surface area contributed by atoms with E-state index in [0.29, 0.717) is 19.6 Å². The Kier molecular flexibility index (Phi) is 6.09. The van der Waals surface area contributed by atoms with E-state index in [9.17, 15) is 4.39 Å². The maximum Gasteiger partial charge on any atom is 0.165 e. The summed E-state index contributed by atoms with van der Waals surface area (Å²) in [6.07, 6.45) is 0.820. The van der Waals surface area contributed by atoms with Crippen LogP contribution in [0, 0.1) is 5.82 Å². The third-order valence-electron chi connectivity index (χ3n) is 2.35. The number of hydrogen-bond acceptors (Lipinski definition) is 3. The molecule has 0 aliphatic carbocycles. The van der Waals surface area contributed by atoms with E-state index in [-0.39, 0.29) is 23.7 Å². The quantitative estimate of drug-likeness (QED) is 0.761. The molecule has 4 heteroatoms. The topological polar surface area (TPSA) is 44.5 Å². The molecule has 0 heterocycles. The predicted octanol–water partition coefficient (Wildman–Crippen LogP) is 2.52. The highest BCUT2D eigenvalue weighted by Gasteiger charge is 2.06. The summed E-state index contributed by atoms with van der Waals surface area (Å²) in [4.78, 5) is 0.